The molecule has 0 aliphatic heterocycles. The first-order valence-electron chi connectivity index (χ1n) is 6.55. The maximum Gasteiger partial charge on any atom is 0.221 e. The van der Waals surface area contributed by atoms with E-state index in [9.17, 15) is 14.4 Å². The summed E-state index contributed by atoms with van der Waals surface area (Å²) in [6.45, 7) is 1.40. The second kappa shape index (κ2) is 6.61. The molecule has 0 heterocycles. The van der Waals surface area contributed by atoms with Crippen molar-refractivity contribution in [3.63, 3.8) is 0 Å². The van der Waals surface area contributed by atoms with Crippen LogP contribution in [0.1, 0.15) is 34.1 Å². The highest BCUT2D eigenvalue weighted by Crippen LogP contribution is 2.14. The molecule has 2 aromatic carbocycles. The van der Waals surface area contributed by atoms with E-state index in [1.54, 1.807) is 48.5 Å². The minimum atomic E-state index is -0.268. The average molecular weight is 281 g/mol. The van der Waals surface area contributed by atoms with Gasteiger partial charge >= 0.3 is 0 Å². The highest BCUT2D eigenvalue weighted by Gasteiger charge is 2.13. The first-order valence-corrected chi connectivity index (χ1v) is 6.55. The van der Waals surface area contributed by atoms with Crippen molar-refractivity contribution in [3.05, 3.63) is 65.7 Å². The van der Waals surface area contributed by atoms with Crippen LogP contribution in [-0.4, -0.2) is 17.5 Å². The van der Waals surface area contributed by atoms with Gasteiger partial charge in [0.05, 0.1) is 6.42 Å². The molecular weight excluding hydrogens is 266 g/mol. The minimum Gasteiger partial charge on any atom is -0.326 e. The average Bonchev–Trinajstić information content (AvgIpc) is 2.47. The molecule has 0 saturated carbocycles. The van der Waals surface area contributed by atoms with Gasteiger partial charge in [-0.1, -0.05) is 42.5 Å². The number of ketones is 2. The molecule has 0 saturated heterocycles. The summed E-state index contributed by atoms with van der Waals surface area (Å²) in [6, 6.07) is 15.3. The zero-order valence-electron chi connectivity index (χ0n) is 11.6. The van der Waals surface area contributed by atoms with Gasteiger partial charge in [-0.25, -0.2) is 0 Å². The summed E-state index contributed by atoms with van der Waals surface area (Å²) in [6.07, 6.45) is -0.187. The normalized spacial score (nSPS) is 9.95. The third-order valence-corrected chi connectivity index (χ3v) is 2.92. The van der Waals surface area contributed by atoms with Gasteiger partial charge in [0.1, 0.15) is 0 Å². The number of amides is 1. The van der Waals surface area contributed by atoms with Gasteiger partial charge in [-0.15, -0.1) is 0 Å². The SMILES string of the molecule is CC(=O)Nc1cccc(C(=O)CC(=O)c2ccccc2)c1. The van der Waals surface area contributed by atoms with Crippen LogP contribution in [0.2, 0.25) is 0 Å². The number of anilines is 1. The maximum atomic E-state index is 12.1. The van der Waals surface area contributed by atoms with Gasteiger partial charge in [0, 0.05) is 23.7 Å². The number of hydrogen-bond acceptors (Lipinski definition) is 3. The lowest BCUT2D eigenvalue weighted by molar-refractivity contribution is -0.114. The van der Waals surface area contributed by atoms with E-state index < -0.39 is 0 Å². The van der Waals surface area contributed by atoms with E-state index in [-0.39, 0.29) is 23.9 Å². The molecule has 0 bridgehead atoms. The van der Waals surface area contributed by atoms with Crippen LogP contribution in [0.15, 0.2) is 54.6 Å². The Morgan fingerprint density at radius 3 is 2.14 bits per heavy atom. The lowest BCUT2D eigenvalue weighted by Gasteiger charge is -2.05. The molecule has 0 unspecified atom stereocenters. The van der Waals surface area contributed by atoms with Gasteiger partial charge in [0.25, 0.3) is 0 Å². The Balaban J connectivity index is 2.10. The Bertz CT molecular complexity index is 677. The molecule has 0 radical (unpaired) electrons. The van der Waals surface area contributed by atoms with E-state index in [0.29, 0.717) is 16.8 Å². The zero-order valence-corrected chi connectivity index (χ0v) is 11.6. The van der Waals surface area contributed by atoms with Gasteiger partial charge in [0.15, 0.2) is 11.6 Å². The van der Waals surface area contributed by atoms with Crippen molar-refractivity contribution in [1.29, 1.82) is 0 Å². The van der Waals surface area contributed by atoms with Crippen LogP contribution in [0, 0.1) is 0 Å². The summed E-state index contributed by atoms with van der Waals surface area (Å²) >= 11 is 0. The minimum absolute atomic E-state index is 0.187. The van der Waals surface area contributed by atoms with E-state index in [4.69, 9.17) is 0 Å². The van der Waals surface area contributed by atoms with Crippen LogP contribution in [0.3, 0.4) is 0 Å². The highest BCUT2D eigenvalue weighted by molar-refractivity contribution is 6.13. The number of carbonyl (C=O) groups is 3. The third-order valence-electron chi connectivity index (χ3n) is 2.92. The molecule has 2 aromatic rings. The highest BCUT2D eigenvalue weighted by atomic mass is 16.2. The zero-order chi connectivity index (χ0) is 15.2. The summed E-state index contributed by atoms with van der Waals surface area (Å²) in [7, 11) is 0. The van der Waals surface area contributed by atoms with Gasteiger partial charge in [0.2, 0.25) is 5.91 Å². The van der Waals surface area contributed by atoms with Crippen molar-refractivity contribution in [2.45, 2.75) is 13.3 Å². The fraction of sp³-hybridized carbons (Fsp3) is 0.118. The van der Waals surface area contributed by atoms with E-state index in [0.717, 1.165) is 0 Å². The number of Topliss-reactive ketones (excluding diaryl/α,β-unsaturated/α-hetero) is 2. The lowest BCUT2D eigenvalue weighted by atomic mass is 10.0. The fourth-order valence-corrected chi connectivity index (χ4v) is 1.95. The van der Waals surface area contributed by atoms with E-state index in [1.165, 1.54) is 6.92 Å². The van der Waals surface area contributed by atoms with Crippen LogP contribution >= 0.6 is 0 Å². The third kappa shape index (κ3) is 4.11. The number of carbonyl (C=O) groups excluding carboxylic acids is 3. The van der Waals surface area contributed by atoms with Crippen molar-refractivity contribution >= 4 is 23.2 Å². The number of rotatable bonds is 5. The molecular formula is C17H15NO3. The second-order valence-corrected chi connectivity index (χ2v) is 4.65. The maximum absolute atomic E-state index is 12.1. The largest absolute Gasteiger partial charge is 0.326 e. The predicted octanol–water partition coefficient (Wildman–Crippen LogP) is 3.10. The predicted molar refractivity (Wildman–Crippen MR) is 80.5 cm³/mol. The Hall–Kier alpha value is -2.75. The topological polar surface area (TPSA) is 63.2 Å². The van der Waals surface area contributed by atoms with Gasteiger partial charge in [-0.05, 0) is 12.1 Å². The van der Waals surface area contributed by atoms with Crippen molar-refractivity contribution < 1.29 is 14.4 Å². The Labute approximate surface area is 122 Å². The van der Waals surface area contributed by atoms with Crippen LogP contribution < -0.4 is 5.32 Å². The molecule has 0 atom stereocenters. The Morgan fingerprint density at radius 2 is 1.48 bits per heavy atom. The summed E-state index contributed by atoms with van der Waals surface area (Å²) in [5, 5.41) is 2.61. The molecule has 0 aliphatic carbocycles. The molecule has 2 rings (SSSR count). The van der Waals surface area contributed by atoms with Gasteiger partial charge in [-0.3, -0.25) is 14.4 Å². The van der Waals surface area contributed by atoms with Crippen molar-refractivity contribution in [1.82, 2.24) is 0 Å². The first kappa shape index (κ1) is 14.7. The molecule has 1 amide bonds. The summed E-state index contributed by atoms with van der Waals surface area (Å²) < 4.78 is 0. The van der Waals surface area contributed by atoms with E-state index in [2.05, 4.69) is 5.32 Å². The first-order chi connectivity index (χ1) is 10.1. The van der Waals surface area contributed by atoms with Crippen LogP contribution in [0.25, 0.3) is 0 Å². The smallest absolute Gasteiger partial charge is 0.221 e. The van der Waals surface area contributed by atoms with Crippen molar-refractivity contribution in [2.24, 2.45) is 0 Å². The Morgan fingerprint density at radius 1 is 0.857 bits per heavy atom. The molecule has 0 fully saturated rings. The summed E-state index contributed by atoms with van der Waals surface area (Å²) in [5.74, 6) is -0.693. The molecule has 21 heavy (non-hydrogen) atoms. The van der Waals surface area contributed by atoms with Gasteiger partial charge in [-0.2, -0.15) is 0 Å². The number of nitrogens with one attached hydrogen (secondary N) is 1. The Kier molecular flexibility index (Phi) is 4.61. The molecule has 1 N–H and O–H groups in total. The summed E-state index contributed by atoms with van der Waals surface area (Å²) in [5.41, 5.74) is 1.47. The standard InChI is InChI=1S/C17H15NO3/c1-12(19)18-15-9-5-8-14(10-15)17(21)11-16(20)13-6-3-2-4-7-13/h2-10H,11H2,1H3,(H,18,19). The monoisotopic (exact) mass is 281 g/mol. The quantitative estimate of drug-likeness (QED) is 0.676. The van der Waals surface area contributed by atoms with Crippen LogP contribution in [-0.2, 0) is 4.79 Å². The van der Waals surface area contributed by atoms with Gasteiger partial charge < -0.3 is 5.32 Å². The molecule has 4 nitrogen and oxygen atoms in total. The molecule has 0 spiro atoms. The summed E-state index contributed by atoms with van der Waals surface area (Å²) in [4.78, 5) is 35.1. The second-order valence-electron chi connectivity index (χ2n) is 4.65. The lowest BCUT2D eigenvalue weighted by Crippen LogP contribution is -2.10. The molecule has 0 aliphatic rings. The van der Waals surface area contributed by atoms with E-state index >= 15 is 0 Å². The van der Waals surface area contributed by atoms with Crippen LogP contribution in [0.4, 0.5) is 5.69 Å². The number of benzene rings is 2. The molecule has 106 valence electrons. The number of hydrogen-bond donors (Lipinski definition) is 1. The fourth-order valence-electron chi connectivity index (χ4n) is 1.95. The molecule has 0 aromatic heterocycles. The van der Waals surface area contributed by atoms with Crippen LogP contribution in [0.5, 0.6) is 0 Å². The van der Waals surface area contributed by atoms with Crippen molar-refractivity contribution in [3.8, 4) is 0 Å². The van der Waals surface area contributed by atoms with Crippen molar-refractivity contribution in [2.75, 3.05) is 5.32 Å². The molecule has 4 heteroatoms. The van der Waals surface area contributed by atoms with E-state index in [1.807, 2.05) is 6.07 Å².